The van der Waals surface area contributed by atoms with E-state index in [1.54, 1.807) is 0 Å². The molecule has 0 saturated heterocycles. The third-order valence-corrected chi connectivity index (χ3v) is 4.47. The van der Waals surface area contributed by atoms with Gasteiger partial charge in [-0.15, -0.1) is 0 Å². The third-order valence-electron chi connectivity index (χ3n) is 4.47. The molecule has 3 nitrogen and oxygen atoms in total. The Hall–Kier alpha value is -1.35. The van der Waals surface area contributed by atoms with Gasteiger partial charge in [0.1, 0.15) is 0 Å². The molecule has 0 bridgehead atoms. The van der Waals surface area contributed by atoms with Gasteiger partial charge in [0.05, 0.1) is 5.41 Å². The summed E-state index contributed by atoms with van der Waals surface area (Å²) in [6.45, 7) is 2.78. The van der Waals surface area contributed by atoms with E-state index in [-0.39, 0.29) is 17.4 Å². The molecule has 1 aromatic rings. The van der Waals surface area contributed by atoms with Crippen LogP contribution in [0.1, 0.15) is 38.2 Å². The number of rotatable bonds is 1. The van der Waals surface area contributed by atoms with Gasteiger partial charge in [-0.1, -0.05) is 24.6 Å². The monoisotopic (exact) mass is 244 g/mol. The fourth-order valence-electron chi connectivity index (χ4n) is 3.67. The third kappa shape index (κ3) is 1.43. The smallest absolute Gasteiger partial charge is 0.237 e. The van der Waals surface area contributed by atoms with Crippen LogP contribution in [0.15, 0.2) is 24.3 Å². The molecule has 1 amide bonds. The number of anilines is 1. The van der Waals surface area contributed by atoms with Crippen LogP contribution in [0.4, 0.5) is 5.69 Å². The number of fused-ring (bicyclic) bond motifs is 2. The maximum atomic E-state index is 12.8. The predicted molar refractivity (Wildman–Crippen MR) is 72.6 cm³/mol. The summed E-state index contributed by atoms with van der Waals surface area (Å²) < 4.78 is 0. The zero-order valence-corrected chi connectivity index (χ0v) is 10.9. The van der Waals surface area contributed by atoms with Gasteiger partial charge >= 0.3 is 0 Å². The fourth-order valence-corrected chi connectivity index (χ4v) is 3.67. The summed E-state index contributed by atoms with van der Waals surface area (Å²) in [4.78, 5) is 14.7. The molecule has 3 rings (SSSR count). The topological polar surface area (TPSA) is 46.3 Å². The predicted octanol–water partition coefficient (Wildman–Crippen LogP) is 2.19. The molecule has 2 atom stereocenters. The Morgan fingerprint density at radius 3 is 2.94 bits per heavy atom. The summed E-state index contributed by atoms with van der Waals surface area (Å²) in [6, 6.07) is 8.38. The lowest BCUT2D eigenvalue weighted by Gasteiger charge is -2.35. The van der Waals surface area contributed by atoms with Crippen LogP contribution in [0.2, 0.25) is 0 Å². The van der Waals surface area contributed by atoms with Gasteiger partial charge in [-0.05, 0) is 37.8 Å². The second kappa shape index (κ2) is 4.09. The van der Waals surface area contributed by atoms with E-state index in [0.717, 1.165) is 37.9 Å². The summed E-state index contributed by atoms with van der Waals surface area (Å²) in [5.41, 5.74) is 8.09. The van der Waals surface area contributed by atoms with Crippen LogP contribution in [0.3, 0.4) is 0 Å². The molecular weight excluding hydrogens is 224 g/mol. The average Bonchev–Trinajstić information content (AvgIpc) is 2.60. The quantitative estimate of drug-likeness (QED) is 0.823. The highest BCUT2D eigenvalue weighted by atomic mass is 16.2. The van der Waals surface area contributed by atoms with Crippen molar-refractivity contribution < 1.29 is 4.79 Å². The Morgan fingerprint density at radius 2 is 2.22 bits per heavy atom. The highest BCUT2D eigenvalue weighted by Crippen LogP contribution is 2.49. The molecule has 1 aromatic carbocycles. The van der Waals surface area contributed by atoms with E-state index in [9.17, 15) is 4.79 Å². The maximum Gasteiger partial charge on any atom is 0.237 e. The number of carbonyl (C=O) groups is 1. The summed E-state index contributed by atoms with van der Waals surface area (Å²) in [7, 11) is 0. The average molecular weight is 244 g/mol. The van der Waals surface area contributed by atoms with Gasteiger partial charge in [-0.25, -0.2) is 0 Å². The second-order valence-electron chi connectivity index (χ2n) is 5.51. The molecule has 1 aliphatic heterocycles. The number of nitrogens with zero attached hydrogens (tertiary/aromatic N) is 1. The van der Waals surface area contributed by atoms with Crippen LogP contribution in [0, 0.1) is 0 Å². The van der Waals surface area contributed by atoms with Crippen LogP contribution >= 0.6 is 0 Å². The van der Waals surface area contributed by atoms with E-state index in [2.05, 4.69) is 12.1 Å². The molecular formula is C15H20N2O. The van der Waals surface area contributed by atoms with E-state index in [4.69, 9.17) is 5.73 Å². The van der Waals surface area contributed by atoms with Crippen LogP contribution in [-0.2, 0) is 10.2 Å². The molecule has 3 heteroatoms. The van der Waals surface area contributed by atoms with Crippen molar-refractivity contribution in [2.24, 2.45) is 5.73 Å². The number of hydrogen-bond acceptors (Lipinski definition) is 2. The molecule has 96 valence electrons. The number of likely N-dealkylation sites (N-methyl/N-ethyl adjacent to an activating group) is 1. The van der Waals surface area contributed by atoms with Gasteiger partial charge in [0.15, 0.2) is 0 Å². The summed E-state index contributed by atoms with van der Waals surface area (Å²) in [5.74, 6) is 0.265. The molecule has 1 saturated carbocycles. The number of benzene rings is 1. The molecule has 1 heterocycles. The van der Waals surface area contributed by atoms with Crippen molar-refractivity contribution >= 4 is 11.6 Å². The van der Waals surface area contributed by atoms with E-state index in [1.807, 2.05) is 24.0 Å². The van der Waals surface area contributed by atoms with Gasteiger partial charge in [-0.2, -0.15) is 0 Å². The molecule has 0 aromatic heterocycles. The number of para-hydroxylation sites is 1. The number of carbonyl (C=O) groups excluding carboxylic acids is 1. The zero-order chi connectivity index (χ0) is 12.8. The van der Waals surface area contributed by atoms with E-state index >= 15 is 0 Å². The zero-order valence-electron chi connectivity index (χ0n) is 10.9. The number of hydrogen-bond donors (Lipinski definition) is 1. The maximum absolute atomic E-state index is 12.8. The number of nitrogens with two attached hydrogens (primary N) is 1. The van der Waals surface area contributed by atoms with Crippen LogP contribution in [-0.4, -0.2) is 18.5 Å². The normalized spacial score (nSPS) is 30.9. The first-order valence-corrected chi connectivity index (χ1v) is 6.86. The van der Waals surface area contributed by atoms with Crippen molar-refractivity contribution in [2.45, 2.75) is 44.1 Å². The van der Waals surface area contributed by atoms with E-state index in [1.165, 1.54) is 5.56 Å². The molecule has 1 spiro atoms. The lowest BCUT2D eigenvalue weighted by molar-refractivity contribution is -0.124. The van der Waals surface area contributed by atoms with Crippen molar-refractivity contribution in [1.82, 2.24) is 0 Å². The summed E-state index contributed by atoms with van der Waals surface area (Å²) in [6.07, 6.45) is 3.86. The Labute approximate surface area is 108 Å². The summed E-state index contributed by atoms with van der Waals surface area (Å²) >= 11 is 0. The highest BCUT2D eigenvalue weighted by Gasteiger charge is 2.51. The van der Waals surface area contributed by atoms with Gasteiger partial charge in [0, 0.05) is 18.3 Å². The van der Waals surface area contributed by atoms with E-state index < -0.39 is 0 Å². The Kier molecular flexibility index (Phi) is 2.67. The Bertz CT molecular complexity index is 485. The van der Waals surface area contributed by atoms with Crippen LogP contribution in [0.25, 0.3) is 0 Å². The first-order valence-electron chi connectivity index (χ1n) is 6.86. The minimum absolute atomic E-state index is 0.160. The first-order chi connectivity index (χ1) is 8.69. The lowest BCUT2D eigenvalue weighted by Crippen LogP contribution is -2.46. The van der Waals surface area contributed by atoms with Gasteiger partial charge in [-0.3, -0.25) is 4.79 Å². The second-order valence-corrected chi connectivity index (χ2v) is 5.51. The molecule has 1 fully saturated rings. The molecule has 2 unspecified atom stereocenters. The Balaban J connectivity index is 2.13. The highest BCUT2D eigenvalue weighted by molar-refractivity contribution is 6.08. The van der Waals surface area contributed by atoms with Crippen molar-refractivity contribution in [3.05, 3.63) is 29.8 Å². The van der Waals surface area contributed by atoms with Crippen LogP contribution < -0.4 is 10.6 Å². The summed E-state index contributed by atoms with van der Waals surface area (Å²) in [5, 5.41) is 0. The molecule has 1 aliphatic carbocycles. The number of amides is 1. The Morgan fingerprint density at radius 1 is 1.44 bits per heavy atom. The largest absolute Gasteiger partial charge is 0.328 e. The molecule has 2 aliphatic rings. The van der Waals surface area contributed by atoms with Crippen LogP contribution in [0.5, 0.6) is 0 Å². The van der Waals surface area contributed by atoms with Gasteiger partial charge in [0.2, 0.25) is 5.91 Å². The SMILES string of the molecule is CCN1C(=O)C2(CCCC(N)C2)c2ccccc21. The minimum atomic E-state index is -0.329. The first kappa shape index (κ1) is 11.7. The van der Waals surface area contributed by atoms with Crippen molar-refractivity contribution in [3.63, 3.8) is 0 Å². The van der Waals surface area contributed by atoms with Crippen molar-refractivity contribution in [2.75, 3.05) is 11.4 Å². The lowest BCUT2D eigenvalue weighted by atomic mass is 9.68. The van der Waals surface area contributed by atoms with Crippen molar-refractivity contribution in [1.29, 1.82) is 0 Å². The molecule has 2 N–H and O–H groups in total. The minimum Gasteiger partial charge on any atom is -0.328 e. The van der Waals surface area contributed by atoms with E-state index in [0.29, 0.717) is 0 Å². The van der Waals surface area contributed by atoms with Crippen molar-refractivity contribution in [3.8, 4) is 0 Å². The standard InChI is InChI=1S/C15H20N2O/c1-2-17-13-8-4-3-7-12(13)15(14(17)18)9-5-6-11(16)10-15/h3-4,7-8,11H,2,5-6,9-10,16H2,1H3. The molecule has 18 heavy (non-hydrogen) atoms. The fraction of sp³-hybridized carbons (Fsp3) is 0.533. The molecule has 0 radical (unpaired) electrons. The van der Waals surface area contributed by atoms with Gasteiger partial charge in [0.25, 0.3) is 0 Å². The van der Waals surface area contributed by atoms with Gasteiger partial charge < -0.3 is 10.6 Å².